The van der Waals surface area contributed by atoms with Gasteiger partial charge >= 0.3 is 0 Å². The summed E-state index contributed by atoms with van der Waals surface area (Å²) in [5.74, 6) is 0.878. The van der Waals surface area contributed by atoms with Gasteiger partial charge in [-0.3, -0.25) is 4.79 Å². The molecule has 0 saturated heterocycles. The summed E-state index contributed by atoms with van der Waals surface area (Å²) in [6.07, 6.45) is 1.95. The number of hydrogen-bond donors (Lipinski definition) is 0. The van der Waals surface area contributed by atoms with Gasteiger partial charge in [0.25, 0.3) is 0 Å². The lowest BCUT2D eigenvalue weighted by molar-refractivity contribution is 0.101. The van der Waals surface area contributed by atoms with Crippen LogP contribution in [0.4, 0.5) is 0 Å². The van der Waals surface area contributed by atoms with Crippen LogP contribution in [-0.2, 0) is 0 Å². The van der Waals surface area contributed by atoms with Crippen LogP contribution in [0, 0.1) is 11.3 Å². The van der Waals surface area contributed by atoms with Crippen LogP contribution in [0.25, 0.3) is 0 Å². The zero-order valence-corrected chi connectivity index (χ0v) is 11.4. The van der Waals surface area contributed by atoms with E-state index >= 15 is 0 Å². The van der Waals surface area contributed by atoms with E-state index in [1.807, 2.05) is 26.0 Å². The third-order valence-electron chi connectivity index (χ3n) is 2.37. The van der Waals surface area contributed by atoms with E-state index in [1.54, 1.807) is 18.2 Å². The van der Waals surface area contributed by atoms with Crippen molar-refractivity contribution in [3.63, 3.8) is 0 Å². The summed E-state index contributed by atoms with van der Waals surface area (Å²) >= 11 is 0. The molecule has 4 nitrogen and oxygen atoms in total. The molecule has 0 heterocycles. The van der Waals surface area contributed by atoms with E-state index in [0.29, 0.717) is 23.7 Å². The van der Waals surface area contributed by atoms with Crippen molar-refractivity contribution in [2.45, 2.75) is 20.8 Å². The van der Waals surface area contributed by atoms with Gasteiger partial charge in [0.05, 0.1) is 5.56 Å². The average Bonchev–Trinajstić information content (AvgIpc) is 2.35. The van der Waals surface area contributed by atoms with Crippen LogP contribution in [0.15, 0.2) is 29.8 Å². The molecule has 0 radical (unpaired) electrons. The van der Waals surface area contributed by atoms with Crippen LogP contribution in [0.2, 0.25) is 0 Å². The molecule has 0 aromatic heterocycles. The molecule has 0 N–H and O–H groups in total. The first-order valence-corrected chi connectivity index (χ1v) is 5.95. The molecule has 0 atom stereocenters. The van der Waals surface area contributed by atoms with E-state index in [9.17, 15) is 4.79 Å². The Morgan fingerprint density at radius 2 is 2.05 bits per heavy atom. The molecule has 0 unspecified atom stereocenters. The van der Waals surface area contributed by atoms with Crippen LogP contribution in [0.5, 0.6) is 11.5 Å². The van der Waals surface area contributed by atoms with Crippen molar-refractivity contribution in [2.24, 2.45) is 0 Å². The topological polar surface area (TPSA) is 59.3 Å². The van der Waals surface area contributed by atoms with Gasteiger partial charge < -0.3 is 9.47 Å². The average molecular weight is 259 g/mol. The van der Waals surface area contributed by atoms with Crippen LogP contribution in [-0.4, -0.2) is 19.0 Å². The van der Waals surface area contributed by atoms with Gasteiger partial charge in [-0.15, -0.1) is 0 Å². The van der Waals surface area contributed by atoms with Crippen molar-refractivity contribution >= 4 is 5.78 Å². The summed E-state index contributed by atoms with van der Waals surface area (Å²) in [5, 5.41) is 8.53. The molecule has 1 aromatic rings. The van der Waals surface area contributed by atoms with E-state index in [1.165, 1.54) is 12.5 Å². The number of nitrogens with zero attached hydrogens (tertiary/aromatic N) is 1. The van der Waals surface area contributed by atoms with Gasteiger partial charge in [0.1, 0.15) is 24.2 Å². The standard InChI is InChI=1S/C15H17NO3/c1-11(2)6-8-18-13-4-5-14(12(3)17)15(10-13)19-9-7-16/h4-6,10H,8-9H2,1-3H3. The van der Waals surface area contributed by atoms with E-state index in [0.717, 1.165) is 0 Å². The molecule has 0 aliphatic rings. The first-order chi connectivity index (χ1) is 9.04. The number of rotatable bonds is 6. The van der Waals surface area contributed by atoms with Crippen molar-refractivity contribution in [1.29, 1.82) is 5.26 Å². The van der Waals surface area contributed by atoms with Crippen LogP contribution in [0.3, 0.4) is 0 Å². The zero-order chi connectivity index (χ0) is 14.3. The Balaban J connectivity index is 2.88. The summed E-state index contributed by atoms with van der Waals surface area (Å²) in [7, 11) is 0. The van der Waals surface area contributed by atoms with Crippen molar-refractivity contribution in [3.8, 4) is 17.6 Å². The number of ketones is 1. The SMILES string of the molecule is CC(=O)c1ccc(OCC=C(C)C)cc1OCC#N. The molecule has 0 aliphatic carbocycles. The highest BCUT2D eigenvalue weighted by atomic mass is 16.5. The molecule has 19 heavy (non-hydrogen) atoms. The minimum atomic E-state index is -0.108. The van der Waals surface area contributed by atoms with Gasteiger partial charge in [-0.05, 0) is 39.0 Å². The Labute approximate surface area is 113 Å². The van der Waals surface area contributed by atoms with Gasteiger partial charge in [0.15, 0.2) is 12.4 Å². The highest BCUT2D eigenvalue weighted by Crippen LogP contribution is 2.25. The number of Topliss-reactive ketones (excluding diaryl/α,β-unsaturated/α-hetero) is 1. The number of hydrogen-bond acceptors (Lipinski definition) is 4. The van der Waals surface area contributed by atoms with Gasteiger partial charge in [0, 0.05) is 6.07 Å². The molecule has 0 amide bonds. The Morgan fingerprint density at radius 1 is 1.32 bits per heavy atom. The Kier molecular flexibility index (Phi) is 5.62. The second-order valence-corrected chi connectivity index (χ2v) is 4.25. The molecule has 0 fully saturated rings. The monoisotopic (exact) mass is 259 g/mol. The minimum Gasteiger partial charge on any atom is -0.489 e. The number of allylic oxidation sites excluding steroid dienone is 1. The predicted molar refractivity (Wildman–Crippen MR) is 72.5 cm³/mol. The van der Waals surface area contributed by atoms with E-state index in [4.69, 9.17) is 14.7 Å². The lowest BCUT2D eigenvalue weighted by Crippen LogP contribution is -2.02. The van der Waals surface area contributed by atoms with Crippen LogP contribution >= 0.6 is 0 Å². The maximum absolute atomic E-state index is 11.4. The maximum atomic E-state index is 11.4. The fraction of sp³-hybridized carbons (Fsp3) is 0.333. The third kappa shape index (κ3) is 4.84. The van der Waals surface area contributed by atoms with E-state index in [-0.39, 0.29) is 12.4 Å². The first kappa shape index (κ1) is 14.8. The Bertz CT molecular complexity index is 523. The summed E-state index contributed by atoms with van der Waals surface area (Å²) in [6.45, 7) is 5.79. The van der Waals surface area contributed by atoms with Gasteiger partial charge in [-0.1, -0.05) is 5.57 Å². The summed E-state index contributed by atoms with van der Waals surface area (Å²) in [4.78, 5) is 11.4. The quantitative estimate of drug-likeness (QED) is 0.581. The number of carbonyl (C=O) groups excluding carboxylic acids is 1. The second-order valence-electron chi connectivity index (χ2n) is 4.25. The molecule has 0 spiro atoms. The van der Waals surface area contributed by atoms with Crippen LogP contribution < -0.4 is 9.47 Å². The molecule has 0 saturated carbocycles. The molecule has 100 valence electrons. The van der Waals surface area contributed by atoms with Crippen molar-refractivity contribution < 1.29 is 14.3 Å². The smallest absolute Gasteiger partial charge is 0.174 e. The van der Waals surface area contributed by atoms with Gasteiger partial charge in [0.2, 0.25) is 0 Å². The van der Waals surface area contributed by atoms with Gasteiger partial charge in [-0.25, -0.2) is 0 Å². The lowest BCUT2D eigenvalue weighted by atomic mass is 10.1. The van der Waals surface area contributed by atoms with E-state index < -0.39 is 0 Å². The summed E-state index contributed by atoms with van der Waals surface area (Å²) in [6, 6.07) is 6.87. The molecule has 4 heteroatoms. The number of benzene rings is 1. The molecule has 1 aromatic carbocycles. The number of carbonyl (C=O) groups is 1. The zero-order valence-electron chi connectivity index (χ0n) is 11.4. The van der Waals surface area contributed by atoms with Gasteiger partial charge in [-0.2, -0.15) is 5.26 Å². The molecular formula is C15H17NO3. The van der Waals surface area contributed by atoms with Crippen LogP contribution in [0.1, 0.15) is 31.1 Å². The Morgan fingerprint density at radius 3 is 2.63 bits per heavy atom. The fourth-order valence-corrected chi connectivity index (χ4v) is 1.42. The second kappa shape index (κ2) is 7.22. The largest absolute Gasteiger partial charge is 0.489 e. The number of nitriles is 1. The summed E-state index contributed by atoms with van der Waals surface area (Å²) < 4.78 is 10.8. The molecule has 0 bridgehead atoms. The minimum absolute atomic E-state index is 0.0995. The maximum Gasteiger partial charge on any atom is 0.174 e. The highest BCUT2D eigenvalue weighted by molar-refractivity contribution is 5.97. The third-order valence-corrected chi connectivity index (χ3v) is 2.37. The first-order valence-electron chi connectivity index (χ1n) is 5.95. The van der Waals surface area contributed by atoms with Crippen molar-refractivity contribution in [2.75, 3.05) is 13.2 Å². The lowest BCUT2D eigenvalue weighted by Gasteiger charge is -2.10. The number of ether oxygens (including phenoxy) is 2. The predicted octanol–water partition coefficient (Wildman–Crippen LogP) is 3.14. The normalized spacial score (nSPS) is 9.37. The Hall–Kier alpha value is -2.28. The fourth-order valence-electron chi connectivity index (χ4n) is 1.42. The molecular weight excluding hydrogens is 242 g/mol. The summed E-state index contributed by atoms with van der Waals surface area (Å²) in [5.41, 5.74) is 1.62. The molecule has 0 aliphatic heterocycles. The highest BCUT2D eigenvalue weighted by Gasteiger charge is 2.10. The van der Waals surface area contributed by atoms with Crippen molar-refractivity contribution in [1.82, 2.24) is 0 Å². The molecule has 1 rings (SSSR count). The van der Waals surface area contributed by atoms with Crippen molar-refractivity contribution in [3.05, 3.63) is 35.4 Å². The van der Waals surface area contributed by atoms with E-state index in [2.05, 4.69) is 0 Å².